The third-order valence-corrected chi connectivity index (χ3v) is 5.91. The average molecular weight is 481 g/mol. The van der Waals surface area contributed by atoms with Crippen molar-refractivity contribution in [3.8, 4) is 39.7 Å². The number of hydrogen-bond acceptors (Lipinski definition) is 7. The van der Waals surface area contributed by atoms with Gasteiger partial charge in [-0.3, -0.25) is 15.1 Å². The van der Waals surface area contributed by atoms with Crippen LogP contribution < -0.4 is 5.32 Å². The van der Waals surface area contributed by atoms with Crippen LogP contribution in [0.5, 0.6) is 5.75 Å². The molecule has 4 N–H and O–H groups in total. The van der Waals surface area contributed by atoms with E-state index in [-0.39, 0.29) is 5.75 Å². The fourth-order valence-corrected chi connectivity index (χ4v) is 4.23. The fraction of sp³-hybridized carbons (Fsp3) is 0.115. The molecule has 36 heavy (non-hydrogen) atoms. The molecule has 5 heterocycles. The predicted octanol–water partition coefficient (Wildman–Crippen LogP) is 4.58. The number of nitrogens with zero attached hydrogens (tertiary/aromatic N) is 5. The van der Waals surface area contributed by atoms with Crippen molar-refractivity contribution < 1.29 is 9.50 Å². The van der Waals surface area contributed by atoms with E-state index in [0.29, 0.717) is 39.5 Å². The Balaban J connectivity index is 1.44. The number of aromatic hydroxyl groups is 1. The van der Waals surface area contributed by atoms with E-state index in [0.717, 1.165) is 41.2 Å². The van der Waals surface area contributed by atoms with Crippen LogP contribution in [0.1, 0.15) is 12.5 Å². The van der Waals surface area contributed by atoms with Crippen LogP contribution in [0.3, 0.4) is 0 Å². The molecule has 0 saturated heterocycles. The van der Waals surface area contributed by atoms with Gasteiger partial charge in [0.1, 0.15) is 22.8 Å². The lowest BCUT2D eigenvalue weighted by Gasteiger charge is -2.05. The maximum absolute atomic E-state index is 13.9. The molecule has 0 atom stereocenters. The number of rotatable bonds is 6. The first kappa shape index (κ1) is 21.8. The van der Waals surface area contributed by atoms with E-state index in [2.05, 4.69) is 48.4 Å². The topological polar surface area (TPSA) is 128 Å². The molecule has 1 aromatic carbocycles. The van der Waals surface area contributed by atoms with E-state index in [9.17, 15) is 9.50 Å². The molecular formula is C26H21FN8O. The normalized spacial score (nSPS) is 11.5. The molecule has 0 radical (unpaired) electrons. The van der Waals surface area contributed by atoms with Gasteiger partial charge >= 0.3 is 0 Å². The van der Waals surface area contributed by atoms with Crippen molar-refractivity contribution in [2.75, 3.05) is 6.54 Å². The molecule has 0 bridgehead atoms. The summed E-state index contributed by atoms with van der Waals surface area (Å²) in [5.41, 5.74) is 6.31. The van der Waals surface area contributed by atoms with E-state index in [1.54, 1.807) is 18.5 Å². The first-order valence-electron chi connectivity index (χ1n) is 11.4. The zero-order chi connectivity index (χ0) is 24.6. The van der Waals surface area contributed by atoms with Crippen molar-refractivity contribution in [2.45, 2.75) is 13.5 Å². The van der Waals surface area contributed by atoms with Gasteiger partial charge in [-0.05, 0) is 42.4 Å². The Bertz CT molecular complexity index is 1700. The van der Waals surface area contributed by atoms with E-state index in [1.165, 1.54) is 12.1 Å². The molecule has 6 aromatic rings. The van der Waals surface area contributed by atoms with Gasteiger partial charge in [0, 0.05) is 54.1 Å². The molecule has 0 aliphatic heterocycles. The number of nitrogens with one attached hydrogen (secondary N) is 3. The summed E-state index contributed by atoms with van der Waals surface area (Å²) in [7, 11) is 0. The second-order valence-corrected chi connectivity index (χ2v) is 8.40. The molecule has 10 heteroatoms. The number of imidazole rings is 1. The minimum Gasteiger partial charge on any atom is -0.508 e. The molecule has 5 aromatic heterocycles. The van der Waals surface area contributed by atoms with Gasteiger partial charge in [0.25, 0.3) is 0 Å². The molecule has 0 aliphatic rings. The summed E-state index contributed by atoms with van der Waals surface area (Å²) in [6.45, 7) is 3.68. The average Bonchev–Trinajstić information content (AvgIpc) is 3.50. The van der Waals surface area contributed by atoms with Gasteiger partial charge in [-0.1, -0.05) is 6.92 Å². The Hall–Kier alpha value is -4.70. The molecule has 178 valence electrons. The lowest BCUT2D eigenvalue weighted by Crippen LogP contribution is -2.11. The standard InChI is InChI=1S/C26H21FN8O/c1-2-28-10-14-5-16(12-29-11-14)17-8-20-23(34-35-25(20)31-13-17)26-32-21-3-4-30-22(24(21)33-26)15-6-18(27)9-19(36)7-15/h3-9,11-13,28,36H,2,10H2,1H3,(H,32,33)(H,31,34,35). The van der Waals surface area contributed by atoms with Crippen LogP contribution in [0.15, 0.2) is 61.2 Å². The minimum absolute atomic E-state index is 0.179. The monoisotopic (exact) mass is 480 g/mol. The van der Waals surface area contributed by atoms with Crippen LogP contribution >= 0.6 is 0 Å². The van der Waals surface area contributed by atoms with E-state index < -0.39 is 5.82 Å². The number of aromatic nitrogens is 7. The van der Waals surface area contributed by atoms with E-state index >= 15 is 0 Å². The van der Waals surface area contributed by atoms with Crippen molar-refractivity contribution in [1.82, 2.24) is 40.4 Å². The number of aromatic amines is 2. The Morgan fingerprint density at radius 2 is 1.89 bits per heavy atom. The van der Waals surface area contributed by atoms with Crippen LogP contribution in [0.2, 0.25) is 0 Å². The summed E-state index contributed by atoms with van der Waals surface area (Å²) in [6.07, 6.45) is 7.04. The fourth-order valence-electron chi connectivity index (χ4n) is 4.23. The van der Waals surface area contributed by atoms with Crippen molar-refractivity contribution in [3.05, 3.63) is 72.6 Å². The third kappa shape index (κ3) is 3.93. The number of hydrogen-bond donors (Lipinski definition) is 4. The summed E-state index contributed by atoms with van der Waals surface area (Å²) in [5, 5.41) is 21.3. The molecule has 0 fully saturated rings. The molecule has 9 nitrogen and oxygen atoms in total. The van der Waals surface area contributed by atoms with Gasteiger partial charge in [-0.15, -0.1) is 0 Å². The van der Waals surface area contributed by atoms with Crippen molar-refractivity contribution in [1.29, 1.82) is 0 Å². The van der Waals surface area contributed by atoms with Gasteiger partial charge in [0.05, 0.1) is 16.6 Å². The highest BCUT2D eigenvalue weighted by Gasteiger charge is 2.17. The molecular weight excluding hydrogens is 459 g/mol. The van der Waals surface area contributed by atoms with Gasteiger partial charge in [0.15, 0.2) is 11.5 Å². The largest absolute Gasteiger partial charge is 0.508 e. The number of pyridine rings is 3. The summed E-state index contributed by atoms with van der Waals surface area (Å²) < 4.78 is 13.9. The Kier molecular flexibility index (Phi) is 5.34. The number of benzene rings is 1. The first-order chi connectivity index (χ1) is 17.6. The molecule has 0 spiro atoms. The number of phenols is 1. The summed E-state index contributed by atoms with van der Waals surface area (Å²) >= 11 is 0. The molecule has 0 saturated carbocycles. The number of fused-ring (bicyclic) bond motifs is 2. The van der Waals surface area contributed by atoms with Crippen molar-refractivity contribution >= 4 is 22.1 Å². The van der Waals surface area contributed by atoms with Crippen LogP contribution in [0.4, 0.5) is 4.39 Å². The van der Waals surface area contributed by atoms with Gasteiger partial charge in [-0.2, -0.15) is 5.10 Å². The number of phenolic OH excluding ortho intramolecular Hbond substituents is 1. The van der Waals surface area contributed by atoms with Gasteiger partial charge < -0.3 is 15.4 Å². The van der Waals surface area contributed by atoms with Gasteiger partial charge in [0.2, 0.25) is 0 Å². The van der Waals surface area contributed by atoms with Gasteiger partial charge in [-0.25, -0.2) is 14.4 Å². The maximum atomic E-state index is 13.9. The van der Waals surface area contributed by atoms with Crippen LogP contribution in [-0.4, -0.2) is 46.8 Å². The highest BCUT2D eigenvalue weighted by atomic mass is 19.1. The van der Waals surface area contributed by atoms with Crippen LogP contribution in [0, 0.1) is 5.82 Å². The highest BCUT2D eigenvalue weighted by Crippen LogP contribution is 2.32. The second-order valence-electron chi connectivity index (χ2n) is 8.40. The smallest absolute Gasteiger partial charge is 0.181 e. The lowest BCUT2D eigenvalue weighted by molar-refractivity contribution is 0.469. The molecule has 6 rings (SSSR count). The molecule has 0 aliphatic carbocycles. The molecule has 0 unspecified atom stereocenters. The number of halogens is 1. The Morgan fingerprint density at radius 1 is 1.00 bits per heavy atom. The quantitative estimate of drug-likeness (QED) is 0.275. The van der Waals surface area contributed by atoms with E-state index in [4.69, 9.17) is 4.98 Å². The van der Waals surface area contributed by atoms with Crippen LogP contribution in [-0.2, 0) is 6.54 Å². The third-order valence-electron chi connectivity index (χ3n) is 5.91. The lowest BCUT2D eigenvalue weighted by atomic mass is 10.1. The Labute approximate surface area is 204 Å². The zero-order valence-corrected chi connectivity index (χ0v) is 19.2. The second kappa shape index (κ2) is 8.82. The van der Waals surface area contributed by atoms with Crippen molar-refractivity contribution in [3.63, 3.8) is 0 Å². The van der Waals surface area contributed by atoms with Crippen molar-refractivity contribution in [2.24, 2.45) is 0 Å². The summed E-state index contributed by atoms with van der Waals surface area (Å²) in [4.78, 5) is 21.3. The van der Waals surface area contributed by atoms with Crippen LogP contribution in [0.25, 0.3) is 56.0 Å². The zero-order valence-electron chi connectivity index (χ0n) is 19.2. The highest BCUT2D eigenvalue weighted by molar-refractivity contribution is 5.96. The predicted molar refractivity (Wildman–Crippen MR) is 134 cm³/mol. The summed E-state index contributed by atoms with van der Waals surface area (Å²) in [6, 6.07) is 9.71. The summed E-state index contributed by atoms with van der Waals surface area (Å²) in [5.74, 6) is -0.191. The molecule has 0 amide bonds. The minimum atomic E-state index is -0.554. The first-order valence-corrected chi connectivity index (χ1v) is 11.4. The SMILES string of the molecule is CCNCc1cncc(-c2cnc3n[nH]c(-c4nc5c(-c6cc(O)cc(F)c6)nccc5[nH]4)c3c2)c1. The maximum Gasteiger partial charge on any atom is 0.181 e. The van der Waals surface area contributed by atoms with E-state index in [1.807, 2.05) is 18.5 Å². The Morgan fingerprint density at radius 3 is 2.75 bits per heavy atom. The number of H-pyrrole nitrogens is 2.